The summed E-state index contributed by atoms with van der Waals surface area (Å²) in [5, 5.41) is 19.1. The molecule has 24 heavy (non-hydrogen) atoms. The molecule has 6 nitrogen and oxygen atoms in total. The van der Waals surface area contributed by atoms with Gasteiger partial charge in [-0.05, 0) is 35.4 Å². The van der Waals surface area contributed by atoms with E-state index in [4.69, 9.17) is 0 Å². The summed E-state index contributed by atoms with van der Waals surface area (Å²) in [5.74, 6) is -2.19. The Morgan fingerprint density at radius 3 is 1.29 bits per heavy atom. The molecule has 0 radical (unpaired) electrons. The van der Waals surface area contributed by atoms with Gasteiger partial charge in [-0.3, -0.25) is 0 Å². The van der Waals surface area contributed by atoms with Crippen LogP contribution in [0.25, 0.3) is 11.1 Å². The van der Waals surface area contributed by atoms with Crippen molar-refractivity contribution in [3.05, 3.63) is 47.5 Å². The normalized spacial score (nSPS) is 10.3. The lowest BCUT2D eigenvalue weighted by Gasteiger charge is -2.18. The van der Waals surface area contributed by atoms with Gasteiger partial charge in [-0.1, -0.05) is 12.1 Å². The molecule has 0 aliphatic heterocycles. The van der Waals surface area contributed by atoms with E-state index in [1.807, 2.05) is 28.2 Å². The van der Waals surface area contributed by atoms with Crippen LogP contribution in [-0.4, -0.2) is 50.3 Å². The molecule has 0 aliphatic carbocycles. The molecule has 126 valence electrons. The number of benzene rings is 2. The van der Waals surface area contributed by atoms with Crippen LogP contribution < -0.4 is 9.80 Å². The van der Waals surface area contributed by atoms with Gasteiger partial charge in [0.05, 0.1) is 11.1 Å². The van der Waals surface area contributed by atoms with Crippen molar-refractivity contribution in [1.82, 2.24) is 0 Å². The van der Waals surface area contributed by atoms with Crippen LogP contribution >= 0.6 is 0 Å². The molecule has 0 heterocycles. The zero-order chi connectivity index (χ0) is 18.0. The van der Waals surface area contributed by atoms with Crippen LogP contribution in [0.15, 0.2) is 36.4 Å². The number of aromatic carboxylic acids is 2. The number of hydrogen-bond donors (Lipinski definition) is 2. The summed E-state index contributed by atoms with van der Waals surface area (Å²) in [6.45, 7) is 0. The van der Waals surface area contributed by atoms with Crippen LogP contribution in [0.2, 0.25) is 0 Å². The summed E-state index contributed by atoms with van der Waals surface area (Å²) in [6, 6.07) is 9.93. The second kappa shape index (κ2) is 6.62. The first kappa shape index (κ1) is 17.3. The standard InChI is InChI=1S/C18H20N2O4/c1-19(2)11-5-7-13(15(9-11)17(21)22)14-8-6-12(20(3)4)10-16(14)18(23)24/h5-10H,1-4H3,(H,21,22)(H,23,24). The average Bonchev–Trinajstić information content (AvgIpc) is 2.53. The maximum Gasteiger partial charge on any atom is 0.336 e. The zero-order valence-electron chi connectivity index (χ0n) is 14.1. The highest BCUT2D eigenvalue weighted by Gasteiger charge is 2.19. The molecule has 2 N–H and O–H groups in total. The third-order valence-corrected chi connectivity index (χ3v) is 3.79. The van der Waals surface area contributed by atoms with E-state index < -0.39 is 11.9 Å². The third kappa shape index (κ3) is 3.32. The topological polar surface area (TPSA) is 81.1 Å². The molecular weight excluding hydrogens is 308 g/mol. The highest BCUT2D eigenvalue weighted by molar-refractivity contribution is 6.03. The van der Waals surface area contributed by atoms with Gasteiger partial charge in [0, 0.05) is 39.6 Å². The fourth-order valence-corrected chi connectivity index (χ4v) is 2.44. The van der Waals surface area contributed by atoms with E-state index in [9.17, 15) is 19.8 Å². The first-order valence-corrected chi connectivity index (χ1v) is 7.32. The molecule has 0 spiro atoms. The number of carbonyl (C=O) groups is 2. The maximum absolute atomic E-state index is 11.7. The van der Waals surface area contributed by atoms with E-state index in [0.717, 1.165) is 11.4 Å². The van der Waals surface area contributed by atoms with Crippen molar-refractivity contribution in [3.8, 4) is 11.1 Å². The van der Waals surface area contributed by atoms with Crippen molar-refractivity contribution in [2.75, 3.05) is 38.0 Å². The molecular formula is C18H20N2O4. The Labute approximate surface area is 140 Å². The second-order valence-corrected chi connectivity index (χ2v) is 5.86. The summed E-state index contributed by atoms with van der Waals surface area (Å²) in [6.07, 6.45) is 0. The van der Waals surface area contributed by atoms with Crippen LogP contribution in [0.1, 0.15) is 20.7 Å². The van der Waals surface area contributed by atoms with Crippen LogP contribution in [0.4, 0.5) is 11.4 Å². The largest absolute Gasteiger partial charge is 0.478 e. The quantitative estimate of drug-likeness (QED) is 0.878. The first-order valence-electron chi connectivity index (χ1n) is 7.32. The molecule has 0 bridgehead atoms. The Morgan fingerprint density at radius 1 is 0.708 bits per heavy atom. The van der Waals surface area contributed by atoms with Gasteiger partial charge in [0.15, 0.2) is 0 Å². The summed E-state index contributed by atoms with van der Waals surface area (Å²) >= 11 is 0. The van der Waals surface area contributed by atoms with Gasteiger partial charge < -0.3 is 20.0 Å². The molecule has 2 aromatic rings. The van der Waals surface area contributed by atoms with Crippen LogP contribution in [0.3, 0.4) is 0 Å². The molecule has 0 unspecified atom stereocenters. The lowest BCUT2D eigenvalue weighted by Crippen LogP contribution is -2.12. The molecule has 0 saturated carbocycles. The Morgan fingerprint density at radius 2 is 1.04 bits per heavy atom. The molecule has 0 fully saturated rings. The molecule has 0 saturated heterocycles. The summed E-state index contributed by atoms with van der Waals surface area (Å²) in [5.41, 5.74) is 2.38. The van der Waals surface area contributed by atoms with Crippen LogP contribution in [-0.2, 0) is 0 Å². The molecule has 2 rings (SSSR count). The number of hydrogen-bond acceptors (Lipinski definition) is 4. The SMILES string of the molecule is CN(C)c1ccc(-c2ccc(N(C)C)cc2C(=O)O)c(C(=O)O)c1. The van der Waals surface area contributed by atoms with Gasteiger partial charge in [-0.25, -0.2) is 9.59 Å². The van der Waals surface area contributed by atoms with Crippen molar-refractivity contribution >= 4 is 23.3 Å². The van der Waals surface area contributed by atoms with E-state index >= 15 is 0 Å². The molecule has 0 aromatic heterocycles. The smallest absolute Gasteiger partial charge is 0.336 e. The van der Waals surface area contributed by atoms with E-state index in [2.05, 4.69) is 0 Å². The van der Waals surface area contributed by atoms with Crippen LogP contribution in [0.5, 0.6) is 0 Å². The van der Waals surface area contributed by atoms with Crippen LogP contribution in [0, 0.1) is 0 Å². The van der Waals surface area contributed by atoms with Crippen molar-refractivity contribution in [2.24, 2.45) is 0 Å². The number of rotatable bonds is 5. The van der Waals surface area contributed by atoms with Crippen molar-refractivity contribution in [3.63, 3.8) is 0 Å². The van der Waals surface area contributed by atoms with E-state index in [1.165, 1.54) is 0 Å². The molecule has 2 aromatic carbocycles. The number of anilines is 2. The Kier molecular flexibility index (Phi) is 4.78. The van der Waals surface area contributed by atoms with E-state index in [-0.39, 0.29) is 11.1 Å². The minimum Gasteiger partial charge on any atom is -0.478 e. The van der Waals surface area contributed by atoms with Gasteiger partial charge >= 0.3 is 11.9 Å². The minimum atomic E-state index is -1.10. The number of nitrogens with zero attached hydrogens (tertiary/aromatic N) is 2. The maximum atomic E-state index is 11.7. The second-order valence-electron chi connectivity index (χ2n) is 5.86. The Hall–Kier alpha value is -3.02. The summed E-state index contributed by atoms with van der Waals surface area (Å²) in [7, 11) is 7.26. The van der Waals surface area contributed by atoms with Gasteiger partial charge in [-0.2, -0.15) is 0 Å². The predicted molar refractivity (Wildman–Crippen MR) is 94.5 cm³/mol. The minimum absolute atomic E-state index is 0.0707. The van der Waals surface area contributed by atoms with Gasteiger partial charge in [-0.15, -0.1) is 0 Å². The third-order valence-electron chi connectivity index (χ3n) is 3.79. The van der Waals surface area contributed by atoms with Gasteiger partial charge in [0.1, 0.15) is 0 Å². The highest BCUT2D eigenvalue weighted by atomic mass is 16.4. The average molecular weight is 328 g/mol. The highest BCUT2D eigenvalue weighted by Crippen LogP contribution is 2.32. The van der Waals surface area contributed by atoms with E-state index in [0.29, 0.717) is 11.1 Å². The predicted octanol–water partition coefficient (Wildman–Crippen LogP) is 2.88. The molecule has 0 atom stereocenters. The number of carboxylic acids is 2. The fourth-order valence-electron chi connectivity index (χ4n) is 2.44. The van der Waals surface area contributed by atoms with Gasteiger partial charge in [0.2, 0.25) is 0 Å². The molecule has 6 heteroatoms. The van der Waals surface area contributed by atoms with Crippen molar-refractivity contribution in [1.29, 1.82) is 0 Å². The summed E-state index contributed by atoms with van der Waals surface area (Å²) in [4.78, 5) is 26.9. The monoisotopic (exact) mass is 328 g/mol. The lowest BCUT2D eigenvalue weighted by molar-refractivity contribution is 0.0684. The van der Waals surface area contributed by atoms with Crippen molar-refractivity contribution in [2.45, 2.75) is 0 Å². The first-order chi connectivity index (χ1) is 11.2. The number of carboxylic acid groups (broad SMARTS) is 2. The van der Waals surface area contributed by atoms with Crippen molar-refractivity contribution < 1.29 is 19.8 Å². The van der Waals surface area contributed by atoms with Gasteiger partial charge in [0.25, 0.3) is 0 Å². The zero-order valence-corrected chi connectivity index (χ0v) is 14.1. The molecule has 0 aliphatic rings. The summed E-state index contributed by atoms with van der Waals surface area (Å²) < 4.78 is 0. The van der Waals surface area contributed by atoms with E-state index in [1.54, 1.807) is 46.2 Å². The molecule has 0 amide bonds. The lowest BCUT2D eigenvalue weighted by atomic mass is 9.94. The fraction of sp³-hybridized carbons (Fsp3) is 0.222. The Balaban J connectivity index is 2.71. The Bertz CT molecular complexity index is 730.